The summed E-state index contributed by atoms with van der Waals surface area (Å²) in [6.07, 6.45) is 1.89. The van der Waals surface area contributed by atoms with Gasteiger partial charge in [0.25, 0.3) is 0 Å². The van der Waals surface area contributed by atoms with Crippen LogP contribution in [0.15, 0.2) is 79.0 Å². The lowest BCUT2D eigenvalue weighted by molar-refractivity contribution is 0.480. The maximum atomic E-state index is 10.7. The second-order valence-corrected chi connectivity index (χ2v) is 12.3. The van der Waals surface area contributed by atoms with Gasteiger partial charge in [-0.2, -0.15) is 0 Å². The summed E-state index contributed by atoms with van der Waals surface area (Å²) in [7, 11) is 0. The smallest absolute Gasteiger partial charge is 0.141 e. The van der Waals surface area contributed by atoms with E-state index in [1.54, 1.807) is 6.07 Å². The molecule has 1 aliphatic rings. The van der Waals surface area contributed by atoms with Crippen molar-refractivity contribution < 1.29 is 5.11 Å². The van der Waals surface area contributed by atoms with Crippen LogP contribution in [-0.2, 0) is 10.8 Å². The monoisotopic (exact) mass is 513 g/mol. The van der Waals surface area contributed by atoms with Gasteiger partial charge in [-0.25, -0.2) is 9.97 Å². The summed E-state index contributed by atoms with van der Waals surface area (Å²) in [6.45, 7) is 15.7. The number of phenolic OH excluding ortho intramolecular Hbond substituents is 1. The molecule has 0 fully saturated rings. The lowest BCUT2D eigenvalue weighted by Gasteiger charge is -2.44. The minimum atomic E-state index is -0.223. The number of fused-ring (bicyclic) bond motifs is 3. The van der Waals surface area contributed by atoms with Crippen LogP contribution in [0.5, 0.6) is 5.75 Å². The van der Waals surface area contributed by atoms with Crippen molar-refractivity contribution in [3.8, 4) is 17.0 Å². The first-order valence-electron chi connectivity index (χ1n) is 13.6. The Labute approximate surface area is 231 Å². The van der Waals surface area contributed by atoms with Crippen LogP contribution in [0.1, 0.15) is 62.4 Å². The van der Waals surface area contributed by atoms with Gasteiger partial charge in [0.1, 0.15) is 17.1 Å². The van der Waals surface area contributed by atoms with Crippen molar-refractivity contribution in [2.24, 2.45) is 0 Å². The fourth-order valence-electron chi connectivity index (χ4n) is 6.06. The number of aromatic nitrogens is 2. The number of nitrogens with zero attached hydrogens (tertiary/aromatic N) is 3. The Morgan fingerprint density at radius 3 is 2.36 bits per heavy atom. The number of hydrogen-bond acceptors (Lipinski definition) is 4. The molecule has 196 valence electrons. The summed E-state index contributed by atoms with van der Waals surface area (Å²) in [5.74, 6) is 1.10. The summed E-state index contributed by atoms with van der Waals surface area (Å²) in [5.41, 5.74) is 10.5. The molecule has 6 rings (SSSR count). The van der Waals surface area contributed by atoms with Crippen LogP contribution in [0, 0.1) is 13.8 Å². The zero-order valence-electron chi connectivity index (χ0n) is 23.8. The Hall–Kier alpha value is -4.18. The van der Waals surface area contributed by atoms with Crippen molar-refractivity contribution in [3.05, 3.63) is 107 Å². The number of aryl methyl sites for hydroxylation is 2. The first-order chi connectivity index (χ1) is 18.5. The topological polar surface area (TPSA) is 49.2 Å². The predicted molar refractivity (Wildman–Crippen MR) is 162 cm³/mol. The van der Waals surface area contributed by atoms with Crippen molar-refractivity contribution >= 4 is 28.1 Å². The second-order valence-electron chi connectivity index (χ2n) is 12.3. The minimum absolute atomic E-state index is 0.120. The Kier molecular flexibility index (Phi) is 5.58. The molecule has 39 heavy (non-hydrogen) atoms. The molecule has 0 radical (unpaired) electrons. The lowest BCUT2D eigenvalue weighted by atomic mass is 9.67. The van der Waals surface area contributed by atoms with E-state index in [1.807, 2.05) is 25.3 Å². The number of benzene rings is 3. The van der Waals surface area contributed by atoms with Gasteiger partial charge in [0, 0.05) is 22.6 Å². The van der Waals surface area contributed by atoms with Crippen LogP contribution < -0.4 is 4.90 Å². The molecule has 0 unspecified atom stereocenters. The van der Waals surface area contributed by atoms with Crippen LogP contribution >= 0.6 is 0 Å². The predicted octanol–water partition coefficient (Wildman–Crippen LogP) is 9.03. The molecule has 4 heteroatoms. The third-order valence-corrected chi connectivity index (χ3v) is 8.09. The molecule has 3 heterocycles. The van der Waals surface area contributed by atoms with Gasteiger partial charge in [-0.1, -0.05) is 65.0 Å². The van der Waals surface area contributed by atoms with Gasteiger partial charge in [-0.05, 0) is 89.5 Å². The van der Waals surface area contributed by atoms with Crippen molar-refractivity contribution in [3.63, 3.8) is 0 Å². The highest BCUT2D eigenvalue weighted by Gasteiger charge is 2.41. The number of phenols is 1. The number of pyridine rings is 2. The van der Waals surface area contributed by atoms with E-state index in [9.17, 15) is 5.11 Å². The first-order valence-corrected chi connectivity index (χ1v) is 13.6. The van der Waals surface area contributed by atoms with Crippen molar-refractivity contribution in [2.45, 2.75) is 59.3 Å². The van der Waals surface area contributed by atoms with Gasteiger partial charge >= 0.3 is 0 Å². The van der Waals surface area contributed by atoms with Crippen LogP contribution in [0.25, 0.3) is 22.2 Å². The van der Waals surface area contributed by atoms with E-state index < -0.39 is 0 Å². The maximum absolute atomic E-state index is 10.7. The Morgan fingerprint density at radius 2 is 1.62 bits per heavy atom. The average Bonchev–Trinajstić information content (AvgIpc) is 2.90. The van der Waals surface area contributed by atoms with E-state index in [4.69, 9.17) is 9.97 Å². The van der Waals surface area contributed by atoms with Crippen molar-refractivity contribution in [2.75, 3.05) is 4.90 Å². The molecule has 1 aliphatic heterocycles. The van der Waals surface area contributed by atoms with E-state index in [0.717, 1.165) is 45.0 Å². The Bertz CT molecular complexity index is 1760. The molecule has 1 N–H and O–H groups in total. The fraction of sp³-hybridized carbons (Fsp3) is 0.257. The molecule has 0 atom stereocenters. The van der Waals surface area contributed by atoms with Gasteiger partial charge in [-0.15, -0.1) is 0 Å². The summed E-state index contributed by atoms with van der Waals surface area (Å²) >= 11 is 0. The SMILES string of the molecule is Cc1ccnc(N2c3ccccc3C(C)(C)c3c2cc(-c2ccc4c(C)ccc(O)c4n2)cc3C(C)(C)C)c1. The third kappa shape index (κ3) is 3.97. The number of aromatic hydroxyl groups is 1. The lowest BCUT2D eigenvalue weighted by Crippen LogP contribution is -2.34. The minimum Gasteiger partial charge on any atom is -0.506 e. The highest BCUT2D eigenvalue weighted by atomic mass is 16.3. The van der Waals surface area contributed by atoms with Crippen LogP contribution in [0.4, 0.5) is 17.2 Å². The number of rotatable bonds is 2. The summed E-state index contributed by atoms with van der Waals surface area (Å²) < 4.78 is 0. The van der Waals surface area contributed by atoms with Crippen LogP contribution in [0.3, 0.4) is 0 Å². The largest absolute Gasteiger partial charge is 0.506 e. The zero-order chi connectivity index (χ0) is 27.7. The third-order valence-electron chi connectivity index (χ3n) is 8.09. The molecule has 3 aromatic carbocycles. The molecule has 0 bridgehead atoms. The van der Waals surface area contributed by atoms with Gasteiger partial charge < -0.3 is 5.11 Å². The quantitative estimate of drug-likeness (QED) is 0.256. The van der Waals surface area contributed by atoms with Gasteiger partial charge in [0.15, 0.2) is 0 Å². The van der Waals surface area contributed by atoms with Gasteiger partial charge in [0.2, 0.25) is 0 Å². The highest BCUT2D eigenvalue weighted by molar-refractivity contribution is 5.91. The number of anilines is 3. The number of para-hydroxylation sites is 1. The molecule has 2 aromatic heterocycles. The van der Waals surface area contributed by atoms with Crippen molar-refractivity contribution in [1.82, 2.24) is 9.97 Å². The van der Waals surface area contributed by atoms with E-state index in [-0.39, 0.29) is 16.6 Å². The normalized spacial score (nSPS) is 14.3. The maximum Gasteiger partial charge on any atom is 0.141 e. The van der Waals surface area contributed by atoms with Crippen LogP contribution in [0.2, 0.25) is 0 Å². The average molecular weight is 514 g/mol. The molecular formula is C35H35N3O. The Balaban J connectivity index is 1.70. The first kappa shape index (κ1) is 25.1. The fourth-order valence-corrected chi connectivity index (χ4v) is 6.06. The number of hydrogen-bond donors (Lipinski definition) is 1. The molecule has 0 spiro atoms. The standard InChI is InChI=1S/C35H35N3O/c1-21-16-17-36-31(18-21)38-28-11-9-8-10-25(28)35(6,7)32-26(34(3,4)5)19-23(20-29(32)38)27-14-13-24-22(2)12-15-30(39)33(24)37-27/h8-20,39H,1-7H3. The molecule has 4 nitrogen and oxygen atoms in total. The molecule has 0 amide bonds. The molecule has 0 aliphatic carbocycles. The molecule has 0 saturated heterocycles. The van der Waals surface area contributed by atoms with Gasteiger partial charge in [0.05, 0.1) is 17.1 Å². The highest BCUT2D eigenvalue weighted by Crippen LogP contribution is 2.55. The van der Waals surface area contributed by atoms with Gasteiger partial charge in [-0.3, -0.25) is 4.90 Å². The summed E-state index contributed by atoms with van der Waals surface area (Å²) in [5, 5.41) is 11.6. The molecule has 0 saturated carbocycles. The van der Waals surface area contributed by atoms with E-state index in [1.165, 1.54) is 16.7 Å². The molecular weight excluding hydrogens is 478 g/mol. The zero-order valence-corrected chi connectivity index (χ0v) is 23.8. The summed E-state index contributed by atoms with van der Waals surface area (Å²) in [6, 6.07) is 25.2. The van der Waals surface area contributed by atoms with Crippen molar-refractivity contribution in [1.29, 1.82) is 0 Å². The Morgan fingerprint density at radius 1 is 0.846 bits per heavy atom. The second kappa shape index (κ2) is 8.67. The molecule has 5 aromatic rings. The van der Waals surface area contributed by atoms with Crippen LogP contribution in [-0.4, -0.2) is 15.1 Å². The van der Waals surface area contributed by atoms with E-state index in [2.05, 4.69) is 101 Å². The van der Waals surface area contributed by atoms with E-state index >= 15 is 0 Å². The summed E-state index contributed by atoms with van der Waals surface area (Å²) in [4.78, 5) is 12.1. The van der Waals surface area contributed by atoms with E-state index in [0.29, 0.717) is 5.52 Å².